The van der Waals surface area contributed by atoms with Gasteiger partial charge >= 0.3 is 0 Å². The first kappa shape index (κ1) is 15.6. The normalized spacial score (nSPS) is 34.1. The Bertz CT molecular complexity index is 429. The minimum absolute atomic E-state index is 0.235. The molecule has 0 unspecified atom stereocenters. The van der Waals surface area contributed by atoms with E-state index in [1.165, 1.54) is 0 Å². The third-order valence-corrected chi connectivity index (χ3v) is 3.68. The lowest BCUT2D eigenvalue weighted by Crippen LogP contribution is -2.57. The average Bonchev–Trinajstić information content (AvgIpc) is 2.44. The first-order chi connectivity index (χ1) is 9.52. The predicted octanol–water partition coefficient (Wildman–Crippen LogP) is -0.477. The molecule has 20 heavy (non-hydrogen) atoms. The molecule has 0 aliphatic carbocycles. The summed E-state index contributed by atoms with van der Waals surface area (Å²) in [6.07, 6.45) is -4.02. The molecule has 0 spiro atoms. The van der Waals surface area contributed by atoms with Crippen LogP contribution in [0.2, 0.25) is 0 Å². The van der Waals surface area contributed by atoms with Crippen molar-refractivity contribution in [1.29, 1.82) is 0 Å². The highest BCUT2D eigenvalue weighted by Crippen LogP contribution is 2.26. The van der Waals surface area contributed by atoms with Crippen molar-refractivity contribution >= 4 is 18.3 Å². The third kappa shape index (κ3) is 3.43. The highest BCUT2D eigenvalue weighted by Gasteiger charge is 2.43. The Morgan fingerprint density at radius 3 is 2.45 bits per heavy atom. The Morgan fingerprint density at radius 1 is 1.20 bits per heavy atom. The lowest BCUT2D eigenvalue weighted by molar-refractivity contribution is -0.221. The van der Waals surface area contributed by atoms with E-state index >= 15 is 0 Å². The summed E-state index contributed by atoms with van der Waals surface area (Å²) in [6.45, 7) is -0.154. The van der Waals surface area contributed by atoms with Crippen molar-refractivity contribution in [2.24, 2.45) is 0 Å². The van der Waals surface area contributed by atoms with Crippen LogP contribution in [-0.4, -0.2) is 51.8 Å². The van der Waals surface area contributed by atoms with Crippen molar-refractivity contribution in [3.8, 4) is 0 Å². The van der Waals surface area contributed by atoms with Crippen LogP contribution in [0.25, 0.3) is 0 Å². The summed E-state index contributed by atoms with van der Waals surface area (Å²) in [6, 6.07) is 7.13. The number of anilines is 1. The van der Waals surface area contributed by atoms with Crippen LogP contribution in [-0.2, 0) is 16.1 Å². The zero-order chi connectivity index (χ0) is 14.7. The van der Waals surface area contributed by atoms with Gasteiger partial charge in [-0.15, -0.1) is 12.6 Å². The van der Waals surface area contributed by atoms with Gasteiger partial charge in [-0.1, -0.05) is 12.1 Å². The van der Waals surface area contributed by atoms with E-state index in [1.54, 1.807) is 12.1 Å². The molecular formula is C13H19NO5S. The van der Waals surface area contributed by atoms with E-state index in [4.69, 9.17) is 20.3 Å². The number of rotatable bonds is 4. The van der Waals surface area contributed by atoms with Crippen LogP contribution < -0.4 is 5.73 Å². The maximum atomic E-state index is 10.00. The molecule has 6 nitrogen and oxygen atoms in total. The molecule has 1 fully saturated rings. The Kier molecular flexibility index (Phi) is 5.25. The van der Waals surface area contributed by atoms with E-state index in [0.29, 0.717) is 5.69 Å². The Morgan fingerprint density at radius 2 is 1.85 bits per heavy atom. The smallest absolute Gasteiger partial charge is 0.129 e. The van der Waals surface area contributed by atoms with E-state index in [9.17, 15) is 10.2 Å². The van der Waals surface area contributed by atoms with Crippen molar-refractivity contribution in [1.82, 2.24) is 0 Å². The quantitative estimate of drug-likeness (QED) is 0.380. The number of nitrogens with two attached hydrogens (primary N) is 1. The highest BCUT2D eigenvalue weighted by atomic mass is 32.1. The standard InChI is InChI=1S/C13H19NO5S/c14-8-3-1-7(2-4-8)6-18-12-11(17)10(16)9(5-15)19-13(12)20/h1-4,9-13,15-17,20H,5-6,14H2/t9-,10+,11+,12-,13+/m1/s1. The van der Waals surface area contributed by atoms with Gasteiger partial charge in [0, 0.05) is 5.69 Å². The van der Waals surface area contributed by atoms with E-state index in [1.807, 2.05) is 12.1 Å². The van der Waals surface area contributed by atoms with Gasteiger partial charge < -0.3 is 30.5 Å². The molecule has 5 atom stereocenters. The summed E-state index contributed by atoms with van der Waals surface area (Å²) in [5, 5.41) is 28.8. The van der Waals surface area contributed by atoms with Gasteiger partial charge in [0.2, 0.25) is 0 Å². The summed E-state index contributed by atoms with van der Waals surface area (Å²) in [5.74, 6) is 0. The minimum atomic E-state index is -1.21. The van der Waals surface area contributed by atoms with Crippen LogP contribution in [0.1, 0.15) is 5.56 Å². The van der Waals surface area contributed by atoms with Crippen LogP contribution in [0.15, 0.2) is 24.3 Å². The second-order valence-corrected chi connectivity index (χ2v) is 5.26. The molecular weight excluding hydrogens is 282 g/mol. The fourth-order valence-electron chi connectivity index (χ4n) is 2.06. The number of nitrogen functional groups attached to an aromatic ring is 1. The molecule has 1 heterocycles. The molecule has 0 saturated carbocycles. The molecule has 0 radical (unpaired) electrons. The second kappa shape index (κ2) is 6.75. The largest absolute Gasteiger partial charge is 0.399 e. The molecule has 2 rings (SSSR count). The van der Waals surface area contributed by atoms with Crippen LogP contribution in [0, 0.1) is 0 Å². The monoisotopic (exact) mass is 301 g/mol. The zero-order valence-corrected chi connectivity index (χ0v) is 11.7. The number of thiol groups is 1. The zero-order valence-electron chi connectivity index (χ0n) is 10.8. The van der Waals surface area contributed by atoms with E-state index < -0.39 is 29.9 Å². The van der Waals surface area contributed by atoms with E-state index in [2.05, 4.69) is 12.6 Å². The van der Waals surface area contributed by atoms with E-state index in [-0.39, 0.29) is 13.2 Å². The van der Waals surface area contributed by atoms with Crippen molar-refractivity contribution in [2.75, 3.05) is 12.3 Å². The number of aliphatic hydroxyl groups is 3. The van der Waals surface area contributed by atoms with Crippen LogP contribution in [0.3, 0.4) is 0 Å². The molecule has 1 aliphatic rings. The lowest BCUT2D eigenvalue weighted by atomic mass is 10.00. The fourth-order valence-corrected chi connectivity index (χ4v) is 2.48. The first-order valence-electron chi connectivity index (χ1n) is 6.29. The van der Waals surface area contributed by atoms with Gasteiger partial charge in [0.1, 0.15) is 29.9 Å². The molecule has 0 aromatic heterocycles. The van der Waals surface area contributed by atoms with Crippen LogP contribution in [0.5, 0.6) is 0 Å². The van der Waals surface area contributed by atoms with Crippen molar-refractivity contribution in [3.05, 3.63) is 29.8 Å². The third-order valence-electron chi connectivity index (χ3n) is 3.26. The summed E-state index contributed by atoms with van der Waals surface area (Å²) in [4.78, 5) is 0. The van der Waals surface area contributed by atoms with Gasteiger partial charge in [0.15, 0.2) is 0 Å². The number of hydrogen-bond donors (Lipinski definition) is 5. The summed E-state index contributed by atoms with van der Waals surface area (Å²) in [5.41, 5.74) is 6.40. The van der Waals surface area contributed by atoms with Gasteiger partial charge in [0.05, 0.1) is 13.2 Å². The number of benzene rings is 1. The van der Waals surface area contributed by atoms with Gasteiger partial charge in [-0.05, 0) is 17.7 Å². The number of ether oxygens (including phenoxy) is 2. The minimum Gasteiger partial charge on any atom is -0.399 e. The van der Waals surface area contributed by atoms with Crippen LogP contribution in [0.4, 0.5) is 5.69 Å². The maximum absolute atomic E-state index is 10.00. The summed E-state index contributed by atoms with van der Waals surface area (Å²) in [7, 11) is 0. The second-order valence-electron chi connectivity index (χ2n) is 4.75. The molecule has 0 amide bonds. The SMILES string of the molecule is Nc1ccc(CO[C@@H]2[C@@H](O)[C@@H](O)[C@@H](CO)O[C@H]2S)cc1. The molecule has 1 aromatic carbocycles. The summed E-state index contributed by atoms with van der Waals surface area (Å²) >= 11 is 4.18. The fraction of sp³-hybridized carbons (Fsp3) is 0.538. The van der Waals surface area contributed by atoms with Gasteiger partial charge in [-0.25, -0.2) is 0 Å². The molecule has 112 valence electrons. The molecule has 0 bridgehead atoms. The maximum Gasteiger partial charge on any atom is 0.129 e. The first-order valence-corrected chi connectivity index (χ1v) is 6.81. The topological polar surface area (TPSA) is 105 Å². The molecule has 5 N–H and O–H groups in total. The average molecular weight is 301 g/mol. The van der Waals surface area contributed by atoms with E-state index in [0.717, 1.165) is 5.56 Å². The lowest BCUT2D eigenvalue weighted by Gasteiger charge is -2.40. The predicted molar refractivity (Wildman–Crippen MR) is 76.2 cm³/mol. The van der Waals surface area contributed by atoms with Gasteiger partial charge in [-0.3, -0.25) is 0 Å². The van der Waals surface area contributed by atoms with Crippen LogP contribution >= 0.6 is 12.6 Å². The molecule has 7 heteroatoms. The van der Waals surface area contributed by atoms with Crippen molar-refractivity contribution in [2.45, 2.75) is 36.5 Å². The molecule has 1 aromatic rings. The Labute approximate surface area is 122 Å². The van der Waals surface area contributed by atoms with Crippen molar-refractivity contribution < 1.29 is 24.8 Å². The number of hydrogen-bond acceptors (Lipinski definition) is 7. The highest BCUT2D eigenvalue weighted by molar-refractivity contribution is 7.80. The summed E-state index contributed by atoms with van der Waals surface area (Å²) < 4.78 is 10.9. The van der Waals surface area contributed by atoms with Gasteiger partial charge in [0.25, 0.3) is 0 Å². The van der Waals surface area contributed by atoms with Crippen molar-refractivity contribution in [3.63, 3.8) is 0 Å². The molecule has 1 aliphatic heterocycles. The Balaban J connectivity index is 1.96. The number of aliphatic hydroxyl groups excluding tert-OH is 3. The Hall–Kier alpha value is -0.830. The van der Waals surface area contributed by atoms with Gasteiger partial charge in [-0.2, -0.15) is 0 Å². The molecule has 1 saturated heterocycles.